The van der Waals surface area contributed by atoms with Crippen molar-refractivity contribution in [3.63, 3.8) is 0 Å². The van der Waals surface area contributed by atoms with E-state index in [4.69, 9.17) is 9.72 Å². The Balaban J connectivity index is 1.66. The summed E-state index contributed by atoms with van der Waals surface area (Å²) in [5.74, 6) is 2.35. The number of amidine groups is 1. The quantitative estimate of drug-likeness (QED) is 0.654. The van der Waals surface area contributed by atoms with Gasteiger partial charge in [0.25, 0.3) is 0 Å². The number of ether oxygens (including phenoxy) is 1. The molecule has 0 radical (unpaired) electrons. The summed E-state index contributed by atoms with van der Waals surface area (Å²) < 4.78 is 5.34. The third-order valence-electron chi connectivity index (χ3n) is 5.23. The van der Waals surface area contributed by atoms with Crippen molar-refractivity contribution < 1.29 is 9.53 Å². The summed E-state index contributed by atoms with van der Waals surface area (Å²) in [6, 6.07) is 15.6. The Bertz CT molecular complexity index is 1180. The summed E-state index contributed by atoms with van der Waals surface area (Å²) in [4.78, 5) is 24.7. The minimum absolute atomic E-state index is 0.0120. The molecule has 0 amide bonds. The summed E-state index contributed by atoms with van der Waals surface area (Å²) in [5, 5.41) is 0.982. The lowest BCUT2D eigenvalue weighted by Gasteiger charge is -2.27. The van der Waals surface area contributed by atoms with E-state index in [1.165, 1.54) is 0 Å². The van der Waals surface area contributed by atoms with E-state index in [-0.39, 0.29) is 5.78 Å². The summed E-state index contributed by atoms with van der Waals surface area (Å²) in [5.41, 5.74) is 4.25. The van der Waals surface area contributed by atoms with Crippen LogP contribution in [0.5, 0.6) is 5.75 Å². The van der Waals surface area contributed by atoms with Gasteiger partial charge in [-0.3, -0.25) is 9.79 Å². The zero-order chi connectivity index (χ0) is 19.3. The zero-order valence-electron chi connectivity index (χ0n) is 15.8. The Morgan fingerprint density at radius 3 is 2.71 bits per heavy atom. The fourth-order valence-electron chi connectivity index (χ4n) is 3.74. The van der Waals surface area contributed by atoms with Crippen LogP contribution in [0.1, 0.15) is 21.5 Å². The number of hydrogen-bond donors (Lipinski definition) is 0. The van der Waals surface area contributed by atoms with Gasteiger partial charge in [0.2, 0.25) is 0 Å². The lowest BCUT2D eigenvalue weighted by atomic mass is 9.96. The van der Waals surface area contributed by atoms with Crippen LogP contribution in [0.2, 0.25) is 0 Å². The molecule has 2 aromatic carbocycles. The van der Waals surface area contributed by atoms with Crippen molar-refractivity contribution in [2.75, 3.05) is 25.1 Å². The number of rotatable bonds is 3. The number of Topliss-reactive ketones (excluding diaryl/α,β-unsaturated/α-hetero) is 1. The van der Waals surface area contributed by atoms with Crippen LogP contribution in [0.15, 0.2) is 59.1 Å². The lowest BCUT2D eigenvalue weighted by molar-refractivity contribution is 0.104. The van der Waals surface area contributed by atoms with Crippen LogP contribution in [0, 0.1) is 6.92 Å². The third kappa shape index (κ3) is 2.59. The van der Waals surface area contributed by atoms with Crippen LogP contribution >= 0.6 is 0 Å². The van der Waals surface area contributed by atoms with Crippen molar-refractivity contribution >= 4 is 34.4 Å². The number of benzene rings is 2. The maximum Gasteiger partial charge on any atom is 0.196 e. The number of fused-ring (bicyclic) bond motifs is 4. The predicted octanol–water partition coefficient (Wildman–Crippen LogP) is 4.05. The number of nitrogens with zero attached hydrogens (tertiary/aromatic N) is 3. The van der Waals surface area contributed by atoms with Gasteiger partial charge in [0, 0.05) is 23.1 Å². The number of methoxy groups -OCH3 is 1. The summed E-state index contributed by atoms with van der Waals surface area (Å²) in [7, 11) is 1.65. The van der Waals surface area contributed by atoms with Crippen molar-refractivity contribution in [2.24, 2.45) is 4.99 Å². The average molecular weight is 369 g/mol. The monoisotopic (exact) mass is 369 g/mol. The molecule has 5 rings (SSSR count). The first-order chi connectivity index (χ1) is 13.6. The van der Waals surface area contributed by atoms with Gasteiger partial charge in [-0.25, -0.2) is 4.98 Å². The second kappa shape index (κ2) is 6.30. The fraction of sp³-hybridized carbons (Fsp3) is 0.174. The van der Waals surface area contributed by atoms with Gasteiger partial charge in [-0.2, -0.15) is 0 Å². The molecule has 0 bridgehead atoms. The van der Waals surface area contributed by atoms with E-state index in [0.717, 1.165) is 46.0 Å². The first-order valence-corrected chi connectivity index (χ1v) is 9.28. The van der Waals surface area contributed by atoms with Gasteiger partial charge < -0.3 is 9.64 Å². The van der Waals surface area contributed by atoms with E-state index < -0.39 is 0 Å². The second-order valence-corrected chi connectivity index (χ2v) is 7.07. The minimum Gasteiger partial charge on any atom is -0.497 e. The van der Waals surface area contributed by atoms with Crippen molar-refractivity contribution in [3.8, 4) is 5.75 Å². The largest absolute Gasteiger partial charge is 0.497 e. The molecule has 0 fully saturated rings. The highest BCUT2D eigenvalue weighted by Gasteiger charge is 2.33. The molecule has 0 saturated carbocycles. The smallest absolute Gasteiger partial charge is 0.196 e. The number of ketones is 1. The first kappa shape index (κ1) is 16.7. The van der Waals surface area contributed by atoms with Crippen LogP contribution in [-0.2, 0) is 0 Å². The number of carbonyl (C=O) groups excluding carboxylic acids is 1. The standard InChI is InChI=1S/C23H19N3O2/c1-14-3-5-15(6-4-14)21(27)19-13-17-11-16-12-18(28-2)7-8-20(16)25-22(17)26-10-9-24-23(19)26/h3-8,11-13H,9-10H2,1-2H3. The predicted molar refractivity (Wildman–Crippen MR) is 111 cm³/mol. The third-order valence-corrected chi connectivity index (χ3v) is 5.23. The van der Waals surface area contributed by atoms with Crippen molar-refractivity contribution in [2.45, 2.75) is 6.92 Å². The number of aromatic nitrogens is 1. The Kier molecular flexibility index (Phi) is 3.76. The SMILES string of the molecule is COc1ccc2nc3c(cc2c1)C=C(C(=O)c1ccc(C)cc1)C1=NCCN13. The fourth-order valence-corrected chi connectivity index (χ4v) is 3.74. The molecule has 138 valence electrons. The first-order valence-electron chi connectivity index (χ1n) is 9.28. The topological polar surface area (TPSA) is 54.8 Å². The number of anilines is 1. The number of aryl methyl sites for hydroxylation is 1. The Morgan fingerprint density at radius 2 is 1.93 bits per heavy atom. The van der Waals surface area contributed by atoms with Gasteiger partial charge in [0.15, 0.2) is 5.78 Å². The van der Waals surface area contributed by atoms with Gasteiger partial charge in [-0.05, 0) is 37.3 Å². The second-order valence-electron chi connectivity index (χ2n) is 7.07. The highest BCUT2D eigenvalue weighted by atomic mass is 16.5. The van der Waals surface area contributed by atoms with Crippen molar-refractivity contribution in [3.05, 3.63) is 70.8 Å². The van der Waals surface area contributed by atoms with Crippen LogP contribution in [0.3, 0.4) is 0 Å². The van der Waals surface area contributed by atoms with E-state index >= 15 is 0 Å². The molecule has 0 saturated heterocycles. The molecule has 5 nitrogen and oxygen atoms in total. The molecule has 1 aromatic heterocycles. The molecule has 0 unspecified atom stereocenters. The molecular formula is C23H19N3O2. The minimum atomic E-state index is -0.0120. The molecular weight excluding hydrogens is 350 g/mol. The van der Waals surface area contributed by atoms with Crippen LogP contribution in [0.25, 0.3) is 17.0 Å². The number of pyridine rings is 1. The molecule has 2 aliphatic heterocycles. The van der Waals surface area contributed by atoms with Gasteiger partial charge in [0.1, 0.15) is 17.4 Å². The van der Waals surface area contributed by atoms with Gasteiger partial charge in [-0.15, -0.1) is 0 Å². The number of aliphatic imine (C=N–C) groups is 1. The lowest BCUT2D eigenvalue weighted by Crippen LogP contribution is -2.35. The summed E-state index contributed by atoms with van der Waals surface area (Å²) in [6.45, 7) is 3.41. The number of carbonyl (C=O) groups is 1. The van der Waals surface area contributed by atoms with Crippen LogP contribution < -0.4 is 9.64 Å². The maximum absolute atomic E-state index is 13.2. The van der Waals surface area contributed by atoms with Crippen molar-refractivity contribution in [1.29, 1.82) is 0 Å². The zero-order valence-corrected chi connectivity index (χ0v) is 15.8. The highest BCUT2D eigenvalue weighted by Crippen LogP contribution is 2.34. The molecule has 0 N–H and O–H groups in total. The Hall–Kier alpha value is -3.47. The van der Waals surface area contributed by atoms with E-state index in [2.05, 4.69) is 16.0 Å². The molecule has 2 aliphatic rings. The normalized spacial score (nSPS) is 15.0. The Labute approximate surface area is 163 Å². The highest BCUT2D eigenvalue weighted by molar-refractivity contribution is 6.35. The van der Waals surface area contributed by atoms with E-state index in [0.29, 0.717) is 17.7 Å². The molecule has 0 aliphatic carbocycles. The van der Waals surface area contributed by atoms with Gasteiger partial charge in [0.05, 0.1) is 24.7 Å². The molecule has 5 heteroatoms. The maximum atomic E-state index is 13.2. The van der Waals surface area contributed by atoms with E-state index in [1.54, 1.807) is 7.11 Å². The van der Waals surface area contributed by atoms with E-state index in [1.807, 2.05) is 55.5 Å². The molecule has 0 spiro atoms. The Morgan fingerprint density at radius 1 is 1.11 bits per heavy atom. The number of hydrogen-bond acceptors (Lipinski definition) is 5. The van der Waals surface area contributed by atoms with Gasteiger partial charge in [-0.1, -0.05) is 29.8 Å². The summed E-state index contributed by atoms with van der Waals surface area (Å²) >= 11 is 0. The van der Waals surface area contributed by atoms with Crippen LogP contribution in [0.4, 0.5) is 5.82 Å². The molecule has 0 atom stereocenters. The molecule has 28 heavy (non-hydrogen) atoms. The average Bonchev–Trinajstić information content (AvgIpc) is 3.21. The van der Waals surface area contributed by atoms with E-state index in [9.17, 15) is 4.79 Å². The van der Waals surface area contributed by atoms with Crippen molar-refractivity contribution in [1.82, 2.24) is 4.98 Å². The van der Waals surface area contributed by atoms with Gasteiger partial charge >= 0.3 is 0 Å². The molecule has 3 aromatic rings. The van der Waals surface area contributed by atoms with Crippen LogP contribution in [-0.4, -0.2) is 36.8 Å². The summed E-state index contributed by atoms with van der Waals surface area (Å²) in [6.07, 6.45) is 1.92. The molecule has 3 heterocycles.